The second kappa shape index (κ2) is 4.92. The molecule has 0 radical (unpaired) electrons. The molecule has 0 aromatic heterocycles. The lowest BCUT2D eigenvalue weighted by atomic mass is 9.65. The van der Waals surface area contributed by atoms with Gasteiger partial charge in [-0.25, -0.2) is 0 Å². The van der Waals surface area contributed by atoms with E-state index in [0.29, 0.717) is 12.8 Å². The number of hydrogen-bond donors (Lipinski definition) is 1. The van der Waals surface area contributed by atoms with Gasteiger partial charge in [-0.1, -0.05) is 36.8 Å². The Kier molecular flexibility index (Phi) is 3.50. The first-order valence-corrected chi connectivity index (χ1v) is 6.43. The van der Waals surface area contributed by atoms with Crippen LogP contribution in [0.4, 0.5) is 0 Å². The van der Waals surface area contributed by atoms with Crippen LogP contribution in [0.2, 0.25) is 0 Å². The quantitative estimate of drug-likeness (QED) is 0.829. The number of rotatable bonds is 4. The fourth-order valence-corrected chi connectivity index (χ4v) is 2.43. The molecule has 0 heterocycles. The number of Topliss-reactive ketones (excluding diaryl/α,β-unsaturated/α-hetero) is 1. The summed E-state index contributed by atoms with van der Waals surface area (Å²) in [7, 11) is 0. The van der Waals surface area contributed by atoms with Crippen LogP contribution in [0.25, 0.3) is 0 Å². The topological polar surface area (TPSA) is 46.2 Å². The van der Waals surface area contributed by atoms with Gasteiger partial charge in [0.15, 0.2) is 0 Å². The molecule has 0 bridgehead atoms. The lowest BCUT2D eigenvalue weighted by molar-refractivity contribution is -0.147. The number of carbonyl (C=O) groups excluding carboxylic acids is 2. The van der Waals surface area contributed by atoms with Crippen molar-refractivity contribution in [2.75, 3.05) is 0 Å². The lowest BCUT2D eigenvalue weighted by Gasteiger charge is -2.38. The van der Waals surface area contributed by atoms with Crippen LogP contribution in [0.1, 0.15) is 44.7 Å². The number of ketones is 1. The van der Waals surface area contributed by atoms with Crippen molar-refractivity contribution in [2.45, 2.75) is 39.2 Å². The third-order valence-electron chi connectivity index (χ3n) is 3.96. The second-order valence-corrected chi connectivity index (χ2v) is 5.10. The molecule has 18 heavy (non-hydrogen) atoms. The molecule has 1 saturated carbocycles. The summed E-state index contributed by atoms with van der Waals surface area (Å²) in [6.45, 7) is 3.46. The summed E-state index contributed by atoms with van der Waals surface area (Å²) in [6, 6.07) is 9.74. The molecule has 2 rings (SSSR count). The number of hydrogen-bond acceptors (Lipinski definition) is 2. The van der Waals surface area contributed by atoms with E-state index >= 15 is 0 Å². The van der Waals surface area contributed by atoms with Crippen LogP contribution in [0.3, 0.4) is 0 Å². The van der Waals surface area contributed by atoms with Crippen molar-refractivity contribution in [3.05, 3.63) is 35.9 Å². The van der Waals surface area contributed by atoms with Crippen molar-refractivity contribution in [3.63, 3.8) is 0 Å². The summed E-state index contributed by atoms with van der Waals surface area (Å²) in [5.41, 5.74) is 0.312. The van der Waals surface area contributed by atoms with Gasteiger partial charge in [0.2, 0.25) is 5.91 Å². The van der Waals surface area contributed by atoms with E-state index < -0.39 is 5.41 Å². The first-order valence-electron chi connectivity index (χ1n) is 6.43. The fraction of sp³-hybridized carbons (Fsp3) is 0.467. The van der Waals surface area contributed by atoms with Crippen LogP contribution in [0, 0.1) is 5.41 Å². The Morgan fingerprint density at radius 3 is 2.28 bits per heavy atom. The van der Waals surface area contributed by atoms with Gasteiger partial charge in [-0.3, -0.25) is 9.59 Å². The Labute approximate surface area is 108 Å². The Morgan fingerprint density at radius 2 is 1.83 bits per heavy atom. The summed E-state index contributed by atoms with van der Waals surface area (Å²) in [4.78, 5) is 23.9. The third-order valence-corrected chi connectivity index (χ3v) is 3.96. The van der Waals surface area contributed by atoms with Crippen molar-refractivity contribution in [2.24, 2.45) is 5.41 Å². The highest BCUT2D eigenvalue weighted by Gasteiger charge is 2.48. The highest BCUT2D eigenvalue weighted by Crippen LogP contribution is 2.42. The largest absolute Gasteiger partial charge is 0.349 e. The smallest absolute Gasteiger partial charge is 0.234 e. The van der Waals surface area contributed by atoms with E-state index in [1.54, 1.807) is 0 Å². The predicted molar refractivity (Wildman–Crippen MR) is 70.0 cm³/mol. The summed E-state index contributed by atoms with van der Waals surface area (Å²) < 4.78 is 0. The predicted octanol–water partition coefficient (Wildman–Crippen LogP) is 2.62. The monoisotopic (exact) mass is 245 g/mol. The fourth-order valence-electron chi connectivity index (χ4n) is 2.43. The summed E-state index contributed by atoms with van der Waals surface area (Å²) in [6.07, 6.45) is 2.35. The van der Waals surface area contributed by atoms with Gasteiger partial charge in [0.25, 0.3) is 0 Å². The number of nitrogens with one attached hydrogen (secondary N) is 1. The van der Waals surface area contributed by atoms with E-state index in [0.717, 1.165) is 12.0 Å². The zero-order valence-corrected chi connectivity index (χ0v) is 10.9. The molecule has 1 amide bonds. The summed E-state index contributed by atoms with van der Waals surface area (Å²) in [5, 5.41) is 2.96. The van der Waals surface area contributed by atoms with E-state index in [1.165, 1.54) is 6.92 Å². The molecule has 1 aromatic rings. The first-order chi connectivity index (χ1) is 8.56. The Bertz CT molecular complexity index is 449. The van der Waals surface area contributed by atoms with Crippen molar-refractivity contribution in [1.82, 2.24) is 5.32 Å². The van der Waals surface area contributed by atoms with E-state index in [9.17, 15) is 9.59 Å². The van der Waals surface area contributed by atoms with Gasteiger partial charge in [0.1, 0.15) is 11.2 Å². The van der Waals surface area contributed by atoms with Crippen LogP contribution in [-0.2, 0) is 9.59 Å². The van der Waals surface area contributed by atoms with Gasteiger partial charge in [-0.15, -0.1) is 0 Å². The van der Waals surface area contributed by atoms with E-state index in [-0.39, 0.29) is 17.7 Å². The van der Waals surface area contributed by atoms with Gasteiger partial charge in [-0.05, 0) is 32.3 Å². The molecular formula is C15H19NO2. The minimum Gasteiger partial charge on any atom is -0.349 e. The maximum Gasteiger partial charge on any atom is 0.234 e. The Morgan fingerprint density at radius 1 is 1.22 bits per heavy atom. The molecule has 0 unspecified atom stereocenters. The molecule has 1 aliphatic rings. The minimum atomic E-state index is -0.747. The van der Waals surface area contributed by atoms with Crippen molar-refractivity contribution in [1.29, 1.82) is 0 Å². The number of amides is 1. The minimum absolute atomic E-state index is 0.00786. The molecule has 3 nitrogen and oxygen atoms in total. The molecule has 0 saturated heterocycles. The average Bonchev–Trinajstić information content (AvgIpc) is 2.28. The Balaban J connectivity index is 2.06. The van der Waals surface area contributed by atoms with Gasteiger partial charge >= 0.3 is 0 Å². The second-order valence-electron chi connectivity index (χ2n) is 5.10. The maximum absolute atomic E-state index is 12.2. The Hall–Kier alpha value is -1.64. The van der Waals surface area contributed by atoms with Crippen molar-refractivity contribution < 1.29 is 9.59 Å². The molecule has 3 heteroatoms. The molecule has 0 spiro atoms. The number of carbonyl (C=O) groups is 2. The van der Waals surface area contributed by atoms with E-state index in [1.807, 2.05) is 37.3 Å². The molecule has 0 aliphatic heterocycles. The number of benzene rings is 1. The van der Waals surface area contributed by atoms with E-state index in [4.69, 9.17) is 0 Å². The van der Waals surface area contributed by atoms with Gasteiger partial charge in [-0.2, -0.15) is 0 Å². The summed E-state index contributed by atoms with van der Waals surface area (Å²) in [5.74, 6) is -0.121. The molecule has 1 N–H and O–H groups in total. The highest BCUT2D eigenvalue weighted by atomic mass is 16.2. The molecule has 96 valence electrons. The molecule has 1 aliphatic carbocycles. The highest BCUT2D eigenvalue weighted by molar-refractivity contribution is 6.06. The zero-order chi connectivity index (χ0) is 13.2. The third kappa shape index (κ3) is 2.17. The van der Waals surface area contributed by atoms with Crippen LogP contribution in [0.5, 0.6) is 0 Å². The maximum atomic E-state index is 12.2. The standard InChI is InChI=1S/C15H19NO2/c1-11(13-7-4-3-5-8-13)16-14(18)15(12(2)17)9-6-10-15/h3-5,7-8,11H,6,9-10H2,1-2H3,(H,16,18)/t11-/m1/s1. The average molecular weight is 245 g/mol. The van der Waals surface area contributed by atoms with Crippen LogP contribution in [-0.4, -0.2) is 11.7 Å². The lowest BCUT2D eigenvalue weighted by Crippen LogP contribution is -2.50. The van der Waals surface area contributed by atoms with Crippen LogP contribution >= 0.6 is 0 Å². The van der Waals surface area contributed by atoms with Crippen LogP contribution in [0.15, 0.2) is 30.3 Å². The SMILES string of the molecule is CC(=O)C1(C(=O)N[C@H](C)c2ccccc2)CCC1. The zero-order valence-electron chi connectivity index (χ0n) is 10.9. The molecular weight excluding hydrogens is 226 g/mol. The van der Waals surface area contributed by atoms with Crippen molar-refractivity contribution >= 4 is 11.7 Å². The first kappa shape index (κ1) is 12.8. The normalized spacial score (nSPS) is 18.6. The van der Waals surface area contributed by atoms with Gasteiger partial charge in [0, 0.05) is 0 Å². The molecule has 1 fully saturated rings. The van der Waals surface area contributed by atoms with Crippen LogP contribution < -0.4 is 5.32 Å². The molecule has 1 atom stereocenters. The van der Waals surface area contributed by atoms with Crippen molar-refractivity contribution in [3.8, 4) is 0 Å². The van der Waals surface area contributed by atoms with Gasteiger partial charge < -0.3 is 5.32 Å². The molecule has 1 aromatic carbocycles. The summed E-state index contributed by atoms with van der Waals surface area (Å²) >= 11 is 0. The van der Waals surface area contributed by atoms with E-state index in [2.05, 4.69) is 5.32 Å². The van der Waals surface area contributed by atoms with Gasteiger partial charge in [0.05, 0.1) is 6.04 Å².